The number of nitrogen functional groups attached to an aromatic ring is 1. The van der Waals surface area contributed by atoms with E-state index in [4.69, 9.17) is 5.73 Å². The zero-order valence-corrected chi connectivity index (χ0v) is 9.76. The van der Waals surface area contributed by atoms with Crippen LogP contribution in [0, 0.1) is 12.7 Å². The van der Waals surface area contributed by atoms with Gasteiger partial charge in [0.15, 0.2) is 11.5 Å². The lowest BCUT2D eigenvalue weighted by Crippen LogP contribution is -1.99. The van der Waals surface area contributed by atoms with Crippen molar-refractivity contribution < 1.29 is 4.39 Å². The molecule has 0 saturated heterocycles. The van der Waals surface area contributed by atoms with Crippen LogP contribution in [-0.4, -0.2) is 14.6 Å². The van der Waals surface area contributed by atoms with E-state index in [1.54, 1.807) is 18.2 Å². The number of fused-ring (bicyclic) bond motifs is 1. The average Bonchev–Trinajstić information content (AvgIpc) is 2.79. The number of anilines is 1. The van der Waals surface area contributed by atoms with E-state index in [0.29, 0.717) is 11.5 Å². The fourth-order valence-electron chi connectivity index (χ4n) is 1.93. The molecule has 3 aromatic rings. The predicted molar refractivity (Wildman–Crippen MR) is 67.5 cm³/mol. The van der Waals surface area contributed by atoms with Gasteiger partial charge in [-0.15, -0.1) is 10.2 Å². The first-order chi connectivity index (χ1) is 8.66. The van der Waals surface area contributed by atoms with Gasteiger partial charge in [0.25, 0.3) is 0 Å². The summed E-state index contributed by atoms with van der Waals surface area (Å²) in [7, 11) is 0. The lowest BCUT2D eigenvalue weighted by atomic mass is 10.2. The lowest BCUT2D eigenvalue weighted by molar-refractivity contribution is 0.628. The predicted octanol–water partition coefficient (Wildman–Crippen LogP) is 2.43. The van der Waals surface area contributed by atoms with E-state index in [1.807, 2.05) is 17.4 Å². The Morgan fingerprint density at radius 2 is 1.78 bits per heavy atom. The molecule has 2 N–H and O–H groups in total. The molecule has 5 heteroatoms. The maximum atomic E-state index is 12.9. The Morgan fingerprint density at radius 3 is 2.50 bits per heavy atom. The molecule has 3 rings (SSSR count). The van der Waals surface area contributed by atoms with Crippen LogP contribution in [0.4, 0.5) is 10.1 Å². The molecular formula is C13H11FN4. The van der Waals surface area contributed by atoms with Crippen LogP contribution in [0.3, 0.4) is 0 Å². The molecule has 0 atom stereocenters. The van der Waals surface area contributed by atoms with Crippen LogP contribution >= 0.6 is 0 Å². The molecule has 2 heterocycles. The topological polar surface area (TPSA) is 56.2 Å². The quantitative estimate of drug-likeness (QED) is 0.713. The summed E-state index contributed by atoms with van der Waals surface area (Å²) in [5.41, 5.74) is 8.95. The zero-order chi connectivity index (χ0) is 12.7. The molecule has 0 saturated carbocycles. The summed E-state index contributed by atoms with van der Waals surface area (Å²) >= 11 is 0. The molecule has 0 aliphatic rings. The van der Waals surface area contributed by atoms with Gasteiger partial charge in [0.1, 0.15) is 5.82 Å². The smallest absolute Gasteiger partial charge is 0.168 e. The molecule has 0 unspecified atom stereocenters. The van der Waals surface area contributed by atoms with Crippen LogP contribution in [-0.2, 0) is 0 Å². The van der Waals surface area contributed by atoms with Gasteiger partial charge in [-0.2, -0.15) is 0 Å². The highest BCUT2D eigenvalue weighted by Crippen LogP contribution is 2.22. The molecular weight excluding hydrogens is 231 g/mol. The molecule has 90 valence electrons. The summed E-state index contributed by atoms with van der Waals surface area (Å²) in [6.07, 6.45) is 0. The van der Waals surface area contributed by atoms with Crippen molar-refractivity contribution >= 4 is 11.3 Å². The van der Waals surface area contributed by atoms with Crippen molar-refractivity contribution in [1.82, 2.24) is 14.6 Å². The Labute approximate surface area is 103 Å². The maximum Gasteiger partial charge on any atom is 0.168 e. The zero-order valence-electron chi connectivity index (χ0n) is 9.76. The summed E-state index contributed by atoms with van der Waals surface area (Å²) in [6, 6.07) is 9.76. The van der Waals surface area contributed by atoms with Gasteiger partial charge in [0.05, 0.1) is 5.69 Å². The molecule has 0 aliphatic carbocycles. The minimum absolute atomic E-state index is 0.274. The summed E-state index contributed by atoms with van der Waals surface area (Å²) in [4.78, 5) is 0. The Bertz CT molecular complexity index is 716. The molecule has 1 aromatic carbocycles. The first kappa shape index (κ1) is 10.7. The summed E-state index contributed by atoms with van der Waals surface area (Å²) in [5, 5.41) is 8.22. The van der Waals surface area contributed by atoms with Gasteiger partial charge in [-0.25, -0.2) is 4.39 Å². The minimum Gasteiger partial charge on any atom is -0.397 e. The van der Waals surface area contributed by atoms with Gasteiger partial charge in [-0.3, -0.25) is 4.40 Å². The monoisotopic (exact) mass is 242 g/mol. The van der Waals surface area contributed by atoms with E-state index >= 15 is 0 Å². The molecule has 0 aliphatic heterocycles. The largest absolute Gasteiger partial charge is 0.397 e. The maximum absolute atomic E-state index is 12.9. The third-order valence-corrected chi connectivity index (χ3v) is 2.96. The number of pyridine rings is 1. The van der Waals surface area contributed by atoms with E-state index in [9.17, 15) is 4.39 Å². The summed E-state index contributed by atoms with van der Waals surface area (Å²) in [6.45, 7) is 1.90. The van der Waals surface area contributed by atoms with Crippen molar-refractivity contribution in [2.45, 2.75) is 6.92 Å². The minimum atomic E-state index is -0.274. The van der Waals surface area contributed by atoms with Crippen LogP contribution in [0.25, 0.3) is 17.0 Å². The van der Waals surface area contributed by atoms with Crippen LogP contribution in [0.1, 0.15) is 5.69 Å². The number of hydrogen-bond acceptors (Lipinski definition) is 3. The number of benzene rings is 1. The highest BCUT2D eigenvalue weighted by atomic mass is 19.1. The number of hydrogen-bond donors (Lipinski definition) is 1. The number of halogens is 1. The summed E-state index contributed by atoms with van der Waals surface area (Å²) < 4.78 is 14.8. The molecule has 0 bridgehead atoms. The molecule has 0 spiro atoms. The number of aromatic nitrogens is 3. The molecule has 0 amide bonds. The lowest BCUT2D eigenvalue weighted by Gasteiger charge is -2.06. The normalized spacial score (nSPS) is 11.0. The van der Waals surface area contributed by atoms with E-state index in [-0.39, 0.29) is 5.82 Å². The van der Waals surface area contributed by atoms with Crippen LogP contribution in [0.2, 0.25) is 0 Å². The van der Waals surface area contributed by atoms with Crippen molar-refractivity contribution in [3.05, 3.63) is 47.9 Å². The number of rotatable bonds is 1. The highest BCUT2D eigenvalue weighted by molar-refractivity contribution is 5.63. The van der Waals surface area contributed by atoms with Crippen molar-refractivity contribution in [2.75, 3.05) is 5.73 Å². The fraction of sp³-hybridized carbons (Fsp3) is 0.0769. The van der Waals surface area contributed by atoms with E-state index in [1.165, 1.54) is 12.1 Å². The van der Waals surface area contributed by atoms with Crippen molar-refractivity contribution in [2.24, 2.45) is 0 Å². The molecule has 0 fully saturated rings. The first-order valence-corrected chi connectivity index (χ1v) is 5.53. The number of aryl methyl sites for hydroxylation is 1. The Balaban J connectivity index is 2.29. The second kappa shape index (κ2) is 3.80. The van der Waals surface area contributed by atoms with Gasteiger partial charge in [0.2, 0.25) is 0 Å². The number of nitrogens with zero attached hydrogens (tertiary/aromatic N) is 3. The fourth-order valence-corrected chi connectivity index (χ4v) is 1.93. The van der Waals surface area contributed by atoms with E-state index < -0.39 is 0 Å². The van der Waals surface area contributed by atoms with Crippen LogP contribution in [0.5, 0.6) is 0 Å². The molecule has 0 radical (unpaired) electrons. The second-order valence-corrected chi connectivity index (χ2v) is 4.10. The van der Waals surface area contributed by atoms with Gasteiger partial charge in [-0.05, 0) is 43.3 Å². The third-order valence-electron chi connectivity index (χ3n) is 2.96. The molecule has 18 heavy (non-hydrogen) atoms. The van der Waals surface area contributed by atoms with Gasteiger partial charge in [0, 0.05) is 11.3 Å². The Hall–Kier alpha value is -2.43. The Kier molecular flexibility index (Phi) is 2.26. The SMILES string of the molecule is Cc1c(N)ccc2nnc(-c3ccc(F)cc3)n12. The molecule has 4 nitrogen and oxygen atoms in total. The second-order valence-electron chi connectivity index (χ2n) is 4.10. The highest BCUT2D eigenvalue weighted by Gasteiger charge is 2.11. The van der Waals surface area contributed by atoms with Crippen molar-refractivity contribution in [1.29, 1.82) is 0 Å². The first-order valence-electron chi connectivity index (χ1n) is 5.53. The van der Waals surface area contributed by atoms with Crippen LogP contribution in [0.15, 0.2) is 36.4 Å². The third kappa shape index (κ3) is 1.52. The standard InChI is InChI=1S/C13H11FN4/c1-8-11(15)6-7-12-16-17-13(18(8)12)9-2-4-10(14)5-3-9/h2-7H,15H2,1H3. The van der Waals surface area contributed by atoms with Gasteiger partial charge < -0.3 is 5.73 Å². The average molecular weight is 242 g/mol. The van der Waals surface area contributed by atoms with Crippen molar-refractivity contribution in [3.8, 4) is 11.4 Å². The van der Waals surface area contributed by atoms with E-state index in [2.05, 4.69) is 10.2 Å². The Morgan fingerprint density at radius 1 is 1.06 bits per heavy atom. The summed E-state index contributed by atoms with van der Waals surface area (Å²) in [5.74, 6) is 0.388. The molecule has 2 aromatic heterocycles. The van der Waals surface area contributed by atoms with Gasteiger partial charge >= 0.3 is 0 Å². The van der Waals surface area contributed by atoms with E-state index in [0.717, 1.165) is 16.9 Å². The number of nitrogens with two attached hydrogens (primary N) is 1. The van der Waals surface area contributed by atoms with Gasteiger partial charge in [-0.1, -0.05) is 0 Å². The van der Waals surface area contributed by atoms with Crippen LogP contribution < -0.4 is 5.73 Å². The van der Waals surface area contributed by atoms with Crippen molar-refractivity contribution in [3.63, 3.8) is 0 Å².